The Morgan fingerprint density at radius 2 is 2.06 bits per heavy atom. The highest BCUT2D eigenvalue weighted by molar-refractivity contribution is 6.31. The molecule has 1 aromatic heterocycles. The summed E-state index contributed by atoms with van der Waals surface area (Å²) in [7, 11) is 0. The summed E-state index contributed by atoms with van der Waals surface area (Å²) in [4.78, 5) is 3.40. The van der Waals surface area contributed by atoms with Gasteiger partial charge in [0.1, 0.15) is 0 Å². The molecule has 0 saturated carbocycles. The number of aromatic amines is 1. The number of nitrogens with two attached hydrogens (primary N) is 1. The predicted octanol–water partition coefficient (Wildman–Crippen LogP) is 4.40. The first-order chi connectivity index (χ1) is 8.76. The van der Waals surface area contributed by atoms with Crippen molar-refractivity contribution >= 4 is 22.5 Å². The second-order valence-corrected chi connectivity index (χ2v) is 5.22. The van der Waals surface area contributed by atoms with Crippen molar-refractivity contribution in [3.8, 4) is 0 Å². The molecule has 2 nitrogen and oxygen atoms in total. The van der Waals surface area contributed by atoms with Crippen molar-refractivity contribution in [3.63, 3.8) is 0 Å². The number of aromatic nitrogens is 1. The summed E-state index contributed by atoms with van der Waals surface area (Å²) in [6, 6.07) is 6.00. The molecule has 0 spiro atoms. The van der Waals surface area contributed by atoms with E-state index in [-0.39, 0.29) is 0 Å². The van der Waals surface area contributed by atoms with Gasteiger partial charge in [0, 0.05) is 28.2 Å². The Morgan fingerprint density at radius 3 is 2.78 bits per heavy atom. The van der Waals surface area contributed by atoms with Crippen LogP contribution in [0.2, 0.25) is 5.02 Å². The largest absolute Gasteiger partial charge is 0.357 e. The van der Waals surface area contributed by atoms with Crippen LogP contribution in [0, 0.1) is 0 Å². The molecule has 1 aromatic carbocycles. The maximum Gasteiger partial charge on any atom is 0.0460 e. The number of nitrogens with one attached hydrogen (secondary N) is 1. The minimum atomic E-state index is 0.565. The van der Waals surface area contributed by atoms with Gasteiger partial charge in [-0.05, 0) is 36.6 Å². The van der Waals surface area contributed by atoms with Gasteiger partial charge in [0.05, 0.1) is 0 Å². The van der Waals surface area contributed by atoms with E-state index in [1.165, 1.54) is 36.6 Å². The zero-order valence-electron chi connectivity index (χ0n) is 10.9. The monoisotopic (exact) mass is 264 g/mol. The molecule has 18 heavy (non-hydrogen) atoms. The van der Waals surface area contributed by atoms with Crippen molar-refractivity contribution in [2.45, 2.75) is 45.6 Å². The fraction of sp³-hybridized carbons (Fsp3) is 0.467. The summed E-state index contributed by atoms with van der Waals surface area (Å²) in [6.45, 7) is 2.80. The Labute approximate surface area is 114 Å². The van der Waals surface area contributed by atoms with E-state index < -0.39 is 0 Å². The lowest BCUT2D eigenvalue weighted by atomic mass is 10.0. The van der Waals surface area contributed by atoms with Crippen molar-refractivity contribution in [1.82, 2.24) is 4.98 Å². The average Bonchev–Trinajstić information content (AvgIpc) is 2.72. The minimum absolute atomic E-state index is 0.565. The van der Waals surface area contributed by atoms with Crippen LogP contribution in [-0.4, -0.2) is 4.98 Å². The molecule has 0 radical (unpaired) electrons. The molecule has 0 bridgehead atoms. The van der Waals surface area contributed by atoms with Crippen LogP contribution < -0.4 is 5.73 Å². The van der Waals surface area contributed by atoms with Crippen LogP contribution in [-0.2, 0) is 13.0 Å². The molecular formula is C15H21ClN2. The third-order valence-electron chi connectivity index (χ3n) is 3.44. The fourth-order valence-corrected chi connectivity index (χ4v) is 2.64. The van der Waals surface area contributed by atoms with Gasteiger partial charge in [0.25, 0.3) is 0 Å². The highest BCUT2D eigenvalue weighted by atomic mass is 35.5. The Bertz CT molecular complexity index is 516. The Kier molecular flexibility index (Phi) is 4.67. The van der Waals surface area contributed by atoms with Crippen LogP contribution >= 0.6 is 11.6 Å². The van der Waals surface area contributed by atoms with Crippen LogP contribution in [0.15, 0.2) is 18.2 Å². The first kappa shape index (κ1) is 13.4. The number of rotatable bonds is 6. The van der Waals surface area contributed by atoms with Crippen LogP contribution in [0.3, 0.4) is 0 Å². The van der Waals surface area contributed by atoms with Crippen LogP contribution in [0.25, 0.3) is 10.9 Å². The molecule has 3 heteroatoms. The molecule has 0 fully saturated rings. The van der Waals surface area contributed by atoms with Crippen molar-refractivity contribution < 1.29 is 0 Å². The second-order valence-electron chi connectivity index (χ2n) is 4.79. The molecule has 0 atom stereocenters. The average molecular weight is 265 g/mol. The van der Waals surface area contributed by atoms with Gasteiger partial charge >= 0.3 is 0 Å². The van der Waals surface area contributed by atoms with Gasteiger partial charge in [-0.2, -0.15) is 0 Å². The number of hydrogen-bond acceptors (Lipinski definition) is 1. The third-order valence-corrected chi connectivity index (χ3v) is 3.68. The van der Waals surface area contributed by atoms with Crippen molar-refractivity contribution in [1.29, 1.82) is 0 Å². The molecule has 3 N–H and O–H groups in total. The Hall–Kier alpha value is -0.990. The quantitative estimate of drug-likeness (QED) is 0.746. The first-order valence-electron chi connectivity index (χ1n) is 6.75. The zero-order valence-corrected chi connectivity index (χ0v) is 11.7. The van der Waals surface area contributed by atoms with Crippen molar-refractivity contribution in [2.24, 2.45) is 5.73 Å². The maximum absolute atomic E-state index is 6.08. The standard InChI is InChI=1S/C15H21ClN2/c1-2-3-4-5-6-12-13-9-11(16)7-8-14(13)18-15(12)10-17/h7-9,18H,2-6,10,17H2,1H3. The molecule has 0 amide bonds. The van der Waals surface area contributed by atoms with Gasteiger partial charge in [0.15, 0.2) is 0 Å². The number of aryl methyl sites for hydroxylation is 1. The Balaban J connectivity index is 2.25. The molecule has 2 aromatic rings. The minimum Gasteiger partial charge on any atom is -0.357 e. The van der Waals surface area contributed by atoms with E-state index in [0.717, 1.165) is 22.7 Å². The van der Waals surface area contributed by atoms with Crippen LogP contribution in [0.4, 0.5) is 0 Å². The van der Waals surface area contributed by atoms with E-state index in [0.29, 0.717) is 6.54 Å². The zero-order chi connectivity index (χ0) is 13.0. The van der Waals surface area contributed by atoms with Gasteiger partial charge in [-0.1, -0.05) is 37.8 Å². The number of halogens is 1. The summed E-state index contributed by atoms with van der Waals surface area (Å²) in [5, 5.41) is 2.03. The normalized spacial score (nSPS) is 11.3. The molecule has 0 saturated heterocycles. The topological polar surface area (TPSA) is 41.8 Å². The number of fused-ring (bicyclic) bond motifs is 1. The lowest BCUT2D eigenvalue weighted by Gasteiger charge is -2.03. The maximum atomic E-state index is 6.08. The highest BCUT2D eigenvalue weighted by Gasteiger charge is 2.10. The number of H-pyrrole nitrogens is 1. The molecule has 1 heterocycles. The van der Waals surface area contributed by atoms with E-state index in [1.807, 2.05) is 18.2 Å². The number of hydrogen-bond donors (Lipinski definition) is 2. The summed E-state index contributed by atoms with van der Waals surface area (Å²) in [5.41, 5.74) is 9.47. The molecular weight excluding hydrogens is 244 g/mol. The van der Waals surface area contributed by atoms with Crippen LogP contribution in [0.5, 0.6) is 0 Å². The van der Waals surface area contributed by atoms with E-state index in [1.54, 1.807) is 0 Å². The molecule has 98 valence electrons. The van der Waals surface area contributed by atoms with E-state index in [2.05, 4.69) is 11.9 Å². The fourth-order valence-electron chi connectivity index (χ4n) is 2.46. The summed E-state index contributed by atoms with van der Waals surface area (Å²) < 4.78 is 0. The summed E-state index contributed by atoms with van der Waals surface area (Å²) >= 11 is 6.08. The number of unbranched alkanes of at least 4 members (excludes halogenated alkanes) is 3. The van der Waals surface area contributed by atoms with Crippen molar-refractivity contribution in [2.75, 3.05) is 0 Å². The van der Waals surface area contributed by atoms with E-state index in [4.69, 9.17) is 17.3 Å². The van der Waals surface area contributed by atoms with Crippen LogP contribution in [0.1, 0.15) is 43.9 Å². The van der Waals surface area contributed by atoms with E-state index >= 15 is 0 Å². The summed E-state index contributed by atoms with van der Waals surface area (Å²) in [5.74, 6) is 0. The van der Waals surface area contributed by atoms with Gasteiger partial charge in [-0.25, -0.2) is 0 Å². The molecule has 0 aliphatic rings. The van der Waals surface area contributed by atoms with Gasteiger partial charge in [-0.15, -0.1) is 0 Å². The molecule has 0 aliphatic heterocycles. The summed E-state index contributed by atoms with van der Waals surface area (Å²) in [6.07, 6.45) is 6.17. The van der Waals surface area contributed by atoms with E-state index in [9.17, 15) is 0 Å². The molecule has 2 rings (SSSR count). The Morgan fingerprint density at radius 1 is 1.22 bits per heavy atom. The predicted molar refractivity (Wildman–Crippen MR) is 79.0 cm³/mol. The van der Waals surface area contributed by atoms with Crippen molar-refractivity contribution in [3.05, 3.63) is 34.5 Å². The highest BCUT2D eigenvalue weighted by Crippen LogP contribution is 2.27. The second kappa shape index (κ2) is 6.26. The SMILES string of the molecule is CCCCCCc1c(CN)[nH]c2ccc(Cl)cc12. The third kappa shape index (κ3) is 2.88. The molecule has 0 unspecified atom stereocenters. The van der Waals surface area contributed by atoms with Gasteiger partial charge in [0.2, 0.25) is 0 Å². The first-order valence-corrected chi connectivity index (χ1v) is 7.13. The number of benzene rings is 1. The van der Waals surface area contributed by atoms with Gasteiger partial charge < -0.3 is 10.7 Å². The lowest BCUT2D eigenvalue weighted by molar-refractivity contribution is 0.665. The lowest BCUT2D eigenvalue weighted by Crippen LogP contribution is -2.00. The smallest absolute Gasteiger partial charge is 0.0460 e. The molecule has 0 aliphatic carbocycles. The van der Waals surface area contributed by atoms with Gasteiger partial charge in [-0.3, -0.25) is 0 Å².